The number of nitrogens with zero attached hydrogens (tertiary/aromatic N) is 2. The van der Waals surface area contributed by atoms with Gasteiger partial charge in [0.05, 0.1) is 18.0 Å². The highest BCUT2D eigenvalue weighted by Gasteiger charge is 2.06. The summed E-state index contributed by atoms with van der Waals surface area (Å²) >= 11 is 2.34. The van der Waals surface area contributed by atoms with E-state index in [0.29, 0.717) is 0 Å². The zero-order chi connectivity index (χ0) is 14.8. The Morgan fingerprint density at radius 1 is 1.05 bits per heavy atom. The SMILES string of the molecule is Cc1ccn(-c2ccc(-c3ccc(CO)cc3)cc2I)n1. The highest BCUT2D eigenvalue weighted by molar-refractivity contribution is 14.1. The van der Waals surface area contributed by atoms with Crippen molar-refractivity contribution in [3.05, 3.63) is 69.6 Å². The summed E-state index contributed by atoms with van der Waals surface area (Å²) in [4.78, 5) is 0. The molecular formula is C17H15IN2O. The molecule has 3 aromatic rings. The first-order valence-electron chi connectivity index (χ1n) is 6.70. The van der Waals surface area contributed by atoms with Crippen molar-refractivity contribution in [2.45, 2.75) is 13.5 Å². The lowest BCUT2D eigenvalue weighted by atomic mass is 10.0. The van der Waals surface area contributed by atoms with Crippen LogP contribution in [0.2, 0.25) is 0 Å². The Labute approximate surface area is 137 Å². The van der Waals surface area contributed by atoms with Crippen molar-refractivity contribution in [3.63, 3.8) is 0 Å². The van der Waals surface area contributed by atoms with E-state index in [1.165, 1.54) is 0 Å². The van der Waals surface area contributed by atoms with E-state index in [1.807, 2.05) is 48.1 Å². The molecule has 0 radical (unpaired) electrons. The third-order valence-corrected chi connectivity index (χ3v) is 4.25. The Kier molecular flexibility index (Phi) is 4.07. The van der Waals surface area contributed by atoms with E-state index in [0.717, 1.165) is 31.6 Å². The quantitative estimate of drug-likeness (QED) is 0.688. The second kappa shape index (κ2) is 5.99. The molecule has 0 aliphatic heterocycles. The highest BCUT2D eigenvalue weighted by atomic mass is 127. The van der Waals surface area contributed by atoms with E-state index in [9.17, 15) is 0 Å². The van der Waals surface area contributed by atoms with Crippen LogP contribution in [0, 0.1) is 10.5 Å². The van der Waals surface area contributed by atoms with Gasteiger partial charge in [0.1, 0.15) is 0 Å². The van der Waals surface area contributed by atoms with Crippen LogP contribution in [0.1, 0.15) is 11.3 Å². The van der Waals surface area contributed by atoms with Crippen molar-refractivity contribution < 1.29 is 5.11 Å². The molecule has 4 heteroatoms. The summed E-state index contributed by atoms with van der Waals surface area (Å²) < 4.78 is 3.05. The summed E-state index contributed by atoms with van der Waals surface area (Å²) in [6.07, 6.45) is 1.97. The molecular weight excluding hydrogens is 375 g/mol. The molecule has 0 spiro atoms. The third kappa shape index (κ3) is 3.01. The number of aromatic nitrogens is 2. The highest BCUT2D eigenvalue weighted by Crippen LogP contribution is 2.26. The molecule has 0 aliphatic carbocycles. The fourth-order valence-electron chi connectivity index (χ4n) is 2.22. The van der Waals surface area contributed by atoms with E-state index in [2.05, 4.69) is 45.9 Å². The van der Waals surface area contributed by atoms with E-state index in [4.69, 9.17) is 5.11 Å². The average Bonchev–Trinajstić information content (AvgIpc) is 2.93. The lowest BCUT2D eigenvalue weighted by molar-refractivity contribution is 0.282. The van der Waals surface area contributed by atoms with Gasteiger partial charge in [-0.3, -0.25) is 0 Å². The second-order valence-corrected chi connectivity index (χ2v) is 6.09. The standard InChI is InChI=1S/C17H15IN2O/c1-12-8-9-20(19-12)17-7-6-15(10-16(17)18)14-4-2-13(11-21)3-5-14/h2-10,21H,11H2,1H3. The van der Waals surface area contributed by atoms with Crippen LogP contribution in [0.5, 0.6) is 0 Å². The minimum atomic E-state index is 0.0788. The molecule has 3 rings (SSSR count). The number of hydrogen-bond acceptors (Lipinski definition) is 2. The Bertz CT molecular complexity index is 763. The molecule has 1 heterocycles. The lowest BCUT2D eigenvalue weighted by Crippen LogP contribution is -1.98. The van der Waals surface area contributed by atoms with Crippen LogP contribution in [0.25, 0.3) is 16.8 Å². The first-order valence-corrected chi connectivity index (χ1v) is 7.77. The van der Waals surface area contributed by atoms with Crippen LogP contribution in [0.3, 0.4) is 0 Å². The number of rotatable bonds is 3. The summed E-state index contributed by atoms with van der Waals surface area (Å²) in [7, 11) is 0. The normalized spacial score (nSPS) is 10.8. The molecule has 106 valence electrons. The maximum atomic E-state index is 9.10. The fourth-order valence-corrected chi connectivity index (χ4v) is 2.99. The molecule has 0 amide bonds. The van der Waals surface area contributed by atoms with Gasteiger partial charge in [-0.25, -0.2) is 4.68 Å². The summed E-state index contributed by atoms with van der Waals surface area (Å²) in [5.41, 5.74) is 5.33. The van der Waals surface area contributed by atoms with Gasteiger partial charge in [0.15, 0.2) is 0 Å². The zero-order valence-electron chi connectivity index (χ0n) is 11.6. The van der Waals surface area contributed by atoms with E-state index >= 15 is 0 Å². The number of halogens is 1. The second-order valence-electron chi connectivity index (χ2n) is 4.92. The maximum absolute atomic E-state index is 9.10. The van der Waals surface area contributed by atoms with E-state index < -0.39 is 0 Å². The van der Waals surface area contributed by atoms with Gasteiger partial charge in [0, 0.05) is 9.77 Å². The van der Waals surface area contributed by atoms with Crippen molar-refractivity contribution in [3.8, 4) is 16.8 Å². The number of benzene rings is 2. The summed E-state index contributed by atoms with van der Waals surface area (Å²) in [6, 6.07) is 16.3. The van der Waals surface area contributed by atoms with Gasteiger partial charge >= 0.3 is 0 Å². The lowest BCUT2D eigenvalue weighted by Gasteiger charge is -2.08. The van der Waals surface area contributed by atoms with Crippen LogP contribution in [0.4, 0.5) is 0 Å². The van der Waals surface area contributed by atoms with Crippen LogP contribution in [-0.2, 0) is 6.61 Å². The number of aliphatic hydroxyl groups excluding tert-OH is 1. The van der Waals surface area contributed by atoms with Gasteiger partial charge in [-0.2, -0.15) is 5.10 Å². The summed E-state index contributed by atoms with van der Waals surface area (Å²) in [5.74, 6) is 0. The largest absolute Gasteiger partial charge is 0.392 e. The van der Waals surface area contributed by atoms with E-state index in [-0.39, 0.29) is 6.61 Å². The number of aryl methyl sites for hydroxylation is 1. The molecule has 0 unspecified atom stereocenters. The minimum Gasteiger partial charge on any atom is -0.392 e. The topological polar surface area (TPSA) is 38.0 Å². The van der Waals surface area contributed by atoms with Crippen LogP contribution in [0.15, 0.2) is 54.7 Å². The van der Waals surface area contributed by atoms with E-state index in [1.54, 1.807) is 0 Å². The van der Waals surface area contributed by atoms with Crippen LogP contribution >= 0.6 is 22.6 Å². The Morgan fingerprint density at radius 2 is 1.76 bits per heavy atom. The van der Waals surface area contributed by atoms with Crippen molar-refractivity contribution in [2.24, 2.45) is 0 Å². The molecule has 0 saturated heterocycles. The molecule has 1 aromatic heterocycles. The number of hydrogen-bond donors (Lipinski definition) is 1. The molecule has 0 fully saturated rings. The van der Waals surface area contributed by atoms with Crippen molar-refractivity contribution in [1.29, 1.82) is 0 Å². The molecule has 3 nitrogen and oxygen atoms in total. The average molecular weight is 390 g/mol. The molecule has 0 aliphatic rings. The number of aliphatic hydroxyl groups is 1. The van der Waals surface area contributed by atoms with Crippen molar-refractivity contribution in [1.82, 2.24) is 9.78 Å². The van der Waals surface area contributed by atoms with Gasteiger partial charge in [0.25, 0.3) is 0 Å². The molecule has 2 aromatic carbocycles. The molecule has 0 bridgehead atoms. The van der Waals surface area contributed by atoms with Gasteiger partial charge in [-0.1, -0.05) is 30.3 Å². The minimum absolute atomic E-state index is 0.0788. The molecule has 1 N–H and O–H groups in total. The van der Waals surface area contributed by atoms with Crippen molar-refractivity contribution in [2.75, 3.05) is 0 Å². The van der Waals surface area contributed by atoms with Gasteiger partial charge < -0.3 is 5.11 Å². The Hall–Kier alpha value is -1.66. The summed E-state index contributed by atoms with van der Waals surface area (Å²) in [6.45, 7) is 2.07. The summed E-state index contributed by atoms with van der Waals surface area (Å²) in [5, 5.41) is 13.5. The zero-order valence-corrected chi connectivity index (χ0v) is 13.8. The first kappa shape index (κ1) is 14.3. The molecule has 0 atom stereocenters. The fraction of sp³-hybridized carbons (Fsp3) is 0.118. The maximum Gasteiger partial charge on any atom is 0.0779 e. The molecule has 0 saturated carbocycles. The van der Waals surface area contributed by atoms with Gasteiger partial charge in [-0.15, -0.1) is 0 Å². The first-order chi connectivity index (χ1) is 10.2. The Balaban J connectivity index is 1.96. The predicted molar refractivity (Wildman–Crippen MR) is 92.4 cm³/mol. The smallest absolute Gasteiger partial charge is 0.0779 e. The van der Waals surface area contributed by atoms with Gasteiger partial charge in [0.2, 0.25) is 0 Å². The van der Waals surface area contributed by atoms with Crippen LogP contribution in [-0.4, -0.2) is 14.9 Å². The monoisotopic (exact) mass is 390 g/mol. The Morgan fingerprint density at radius 3 is 2.33 bits per heavy atom. The van der Waals surface area contributed by atoms with Crippen LogP contribution < -0.4 is 0 Å². The molecule has 21 heavy (non-hydrogen) atoms. The predicted octanol–water partition coefficient (Wildman–Crippen LogP) is 3.94. The van der Waals surface area contributed by atoms with Gasteiger partial charge in [-0.05, 0) is 64.4 Å². The van der Waals surface area contributed by atoms with Crippen molar-refractivity contribution >= 4 is 22.6 Å². The third-order valence-electron chi connectivity index (χ3n) is 3.39.